The van der Waals surface area contributed by atoms with Crippen molar-refractivity contribution >= 4 is 11.7 Å². The largest absolute Gasteiger partial charge is 0.465 e. The Labute approximate surface area is 119 Å². The second-order valence-electron chi connectivity index (χ2n) is 4.27. The minimum Gasteiger partial charge on any atom is -0.465 e. The Bertz CT molecular complexity index is 674. The molecule has 110 valence electrons. The predicted molar refractivity (Wildman–Crippen MR) is 71.4 cm³/mol. The van der Waals surface area contributed by atoms with Crippen LogP contribution in [0.3, 0.4) is 0 Å². The number of ether oxygens (including phenoxy) is 1. The van der Waals surface area contributed by atoms with E-state index in [2.05, 4.69) is 10.1 Å². The number of rotatable bonds is 4. The topological polar surface area (TPSA) is 38.3 Å². The molecule has 1 N–H and O–H groups in total. The van der Waals surface area contributed by atoms with Crippen LogP contribution in [0.15, 0.2) is 36.4 Å². The van der Waals surface area contributed by atoms with Crippen molar-refractivity contribution in [3.63, 3.8) is 0 Å². The average molecular weight is 295 g/mol. The van der Waals surface area contributed by atoms with E-state index in [1.54, 1.807) is 0 Å². The van der Waals surface area contributed by atoms with Gasteiger partial charge in [-0.1, -0.05) is 6.07 Å². The SMILES string of the molecule is COC(=O)c1ccc(F)cc1NCc1ccc(F)cc1F. The summed E-state index contributed by atoms with van der Waals surface area (Å²) in [5.41, 5.74) is 0.489. The lowest BCUT2D eigenvalue weighted by atomic mass is 10.1. The van der Waals surface area contributed by atoms with Crippen LogP contribution in [0, 0.1) is 17.5 Å². The number of benzene rings is 2. The van der Waals surface area contributed by atoms with Gasteiger partial charge in [0.2, 0.25) is 0 Å². The van der Waals surface area contributed by atoms with Gasteiger partial charge in [0.25, 0.3) is 0 Å². The van der Waals surface area contributed by atoms with Crippen LogP contribution < -0.4 is 5.32 Å². The fourth-order valence-corrected chi connectivity index (χ4v) is 1.81. The molecule has 0 radical (unpaired) electrons. The van der Waals surface area contributed by atoms with Gasteiger partial charge in [0.05, 0.1) is 18.4 Å². The first kappa shape index (κ1) is 14.9. The van der Waals surface area contributed by atoms with E-state index in [-0.39, 0.29) is 23.4 Å². The van der Waals surface area contributed by atoms with Crippen molar-refractivity contribution < 1.29 is 22.7 Å². The van der Waals surface area contributed by atoms with Crippen LogP contribution in [0.5, 0.6) is 0 Å². The molecule has 0 aromatic heterocycles. The minimum atomic E-state index is -0.724. The summed E-state index contributed by atoms with van der Waals surface area (Å²) in [7, 11) is 1.20. The van der Waals surface area contributed by atoms with Crippen LogP contribution in [0.2, 0.25) is 0 Å². The first-order chi connectivity index (χ1) is 10.0. The smallest absolute Gasteiger partial charge is 0.339 e. The van der Waals surface area contributed by atoms with Gasteiger partial charge in [-0.3, -0.25) is 0 Å². The third kappa shape index (κ3) is 3.53. The maximum atomic E-state index is 13.5. The molecule has 0 atom stereocenters. The van der Waals surface area contributed by atoms with Gasteiger partial charge in [0, 0.05) is 18.2 Å². The summed E-state index contributed by atoms with van der Waals surface area (Å²) in [4.78, 5) is 11.6. The highest BCUT2D eigenvalue weighted by molar-refractivity contribution is 5.95. The molecule has 2 aromatic rings. The highest BCUT2D eigenvalue weighted by Gasteiger charge is 2.13. The molecule has 0 spiro atoms. The molecule has 0 saturated heterocycles. The third-order valence-corrected chi connectivity index (χ3v) is 2.87. The predicted octanol–water partition coefficient (Wildman–Crippen LogP) is 3.50. The molecular weight excluding hydrogens is 283 g/mol. The van der Waals surface area contributed by atoms with Gasteiger partial charge in [-0.2, -0.15) is 0 Å². The second kappa shape index (κ2) is 6.30. The summed E-state index contributed by atoms with van der Waals surface area (Å²) in [6.45, 7) is -0.0282. The summed E-state index contributed by atoms with van der Waals surface area (Å²) in [6.07, 6.45) is 0. The molecular formula is C15H12F3NO2. The number of carbonyl (C=O) groups excluding carboxylic acids is 1. The number of anilines is 1. The molecule has 0 bridgehead atoms. The highest BCUT2D eigenvalue weighted by atomic mass is 19.1. The molecule has 0 fully saturated rings. The van der Waals surface area contributed by atoms with Crippen molar-refractivity contribution in [3.8, 4) is 0 Å². The van der Waals surface area contributed by atoms with E-state index >= 15 is 0 Å². The molecule has 2 rings (SSSR count). The van der Waals surface area contributed by atoms with Crippen LogP contribution in [-0.4, -0.2) is 13.1 Å². The Morgan fingerprint density at radius 2 is 1.76 bits per heavy atom. The zero-order valence-corrected chi connectivity index (χ0v) is 11.1. The molecule has 0 saturated carbocycles. The van der Waals surface area contributed by atoms with Crippen LogP contribution in [0.4, 0.5) is 18.9 Å². The zero-order chi connectivity index (χ0) is 15.4. The minimum absolute atomic E-state index is 0.0282. The van der Waals surface area contributed by atoms with Crippen molar-refractivity contribution in [2.75, 3.05) is 12.4 Å². The Morgan fingerprint density at radius 3 is 2.43 bits per heavy atom. The number of methoxy groups -OCH3 is 1. The molecule has 0 aliphatic carbocycles. The number of hydrogen-bond acceptors (Lipinski definition) is 3. The Kier molecular flexibility index (Phi) is 4.47. The normalized spacial score (nSPS) is 10.3. The van der Waals surface area contributed by atoms with Crippen molar-refractivity contribution in [1.29, 1.82) is 0 Å². The number of halogens is 3. The third-order valence-electron chi connectivity index (χ3n) is 2.87. The van der Waals surface area contributed by atoms with E-state index in [1.165, 1.54) is 19.2 Å². The molecule has 0 aliphatic heterocycles. The van der Waals surface area contributed by atoms with Crippen molar-refractivity contribution in [3.05, 3.63) is 65.0 Å². The van der Waals surface area contributed by atoms with Crippen molar-refractivity contribution in [1.82, 2.24) is 0 Å². The lowest BCUT2D eigenvalue weighted by Gasteiger charge is -2.11. The van der Waals surface area contributed by atoms with E-state index in [0.717, 1.165) is 24.3 Å². The standard InChI is InChI=1S/C15H12F3NO2/c1-21-15(20)12-5-4-11(17)7-14(12)19-8-9-2-3-10(16)6-13(9)18/h2-7,19H,8H2,1H3. The van der Waals surface area contributed by atoms with Gasteiger partial charge in [0.15, 0.2) is 0 Å². The Morgan fingerprint density at radius 1 is 1.10 bits per heavy atom. The monoisotopic (exact) mass is 295 g/mol. The van der Waals surface area contributed by atoms with Gasteiger partial charge >= 0.3 is 5.97 Å². The van der Waals surface area contributed by atoms with E-state index in [4.69, 9.17) is 0 Å². The van der Waals surface area contributed by atoms with Crippen LogP contribution in [0.25, 0.3) is 0 Å². The molecule has 0 amide bonds. The summed E-state index contributed by atoms with van der Waals surface area (Å²) >= 11 is 0. The molecule has 6 heteroatoms. The molecule has 3 nitrogen and oxygen atoms in total. The zero-order valence-electron chi connectivity index (χ0n) is 11.1. The van der Waals surface area contributed by atoms with Crippen molar-refractivity contribution in [2.45, 2.75) is 6.54 Å². The number of nitrogens with one attached hydrogen (secondary N) is 1. The lowest BCUT2D eigenvalue weighted by Crippen LogP contribution is -2.09. The molecule has 2 aromatic carbocycles. The number of hydrogen-bond donors (Lipinski definition) is 1. The quantitative estimate of drug-likeness (QED) is 0.877. The van der Waals surface area contributed by atoms with E-state index in [1.807, 2.05) is 0 Å². The van der Waals surface area contributed by atoms with Gasteiger partial charge in [-0.25, -0.2) is 18.0 Å². The van der Waals surface area contributed by atoms with Crippen molar-refractivity contribution in [2.24, 2.45) is 0 Å². The second-order valence-corrected chi connectivity index (χ2v) is 4.27. The maximum absolute atomic E-state index is 13.5. The molecule has 0 aliphatic rings. The van der Waals surface area contributed by atoms with Crippen LogP contribution in [0.1, 0.15) is 15.9 Å². The Balaban J connectivity index is 2.23. The number of carbonyl (C=O) groups is 1. The Hall–Kier alpha value is -2.50. The molecule has 21 heavy (non-hydrogen) atoms. The van der Waals surface area contributed by atoms with Crippen LogP contribution >= 0.6 is 0 Å². The summed E-state index contributed by atoms with van der Waals surface area (Å²) in [5.74, 6) is -2.60. The summed E-state index contributed by atoms with van der Waals surface area (Å²) < 4.78 is 44.2. The van der Waals surface area contributed by atoms with E-state index in [0.29, 0.717) is 0 Å². The lowest BCUT2D eigenvalue weighted by molar-refractivity contribution is 0.0601. The molecule has 0 unspecified atom stereocenters. The number of esters is 1. The highest BCUT2D eigenvalue weighted by Crippen LogP contribution is 2.20. The fraction of sp³-hybridized carbons (Fsp3) is 0.133. The van der Waals surface area contributed by atoms with Gasteiger partial charge in [0.1, 0.15) is 17.5 Å². The van der Waals surface area contributed by atoms with Gasteiger partial charge < -0.3 is 10.1 Å². The fourth-order valence-electron chi connectivity index (χ4n) is 1.81. The first-order valence-electron chi connectivity index (χ1n) is 6.07. The summed E-state index contributed by atoms with van der Waals surface area (Å²) in [5, 5.41) is 2.74. The van der Waals surface area contributed by atoms with Gasteiger partial charge in [-0.05, 0) is 24.3 Å². The van der Waals surface area contributed by atoms with E-state index < -0.39 is 23.4 Å². The van der Waals surface area contributed by atoms with E-state index in [9.17, 15) is 18.0 Å². The molecule has 0 heterocycles. The van der Waals surface area contributed by atoms with Crippen LogP contribution in [-0.2, 0) is 11.3 Å². The summed E-state index contributed by atoms with van der Waals surface area (Å²) in [6, 6.07) is 6.64. The average Bonchev–Trinajstić information content (AvgIpc) is 2.45. The maximum Gasteiger partial charge on any atom is 0.339 e. The van der Waals surface area contributed by atoms with Gasteiger partial charge in [-0.15, -0.1) is 0 Å². The first-order valence-corrected chi connectivity index (χ1v) is 6.07.